The third-order valence-electron chi connectivity index (χ3n) is 3.62. The summed E-state index contributed by atoms with van der Waals surface area (Å²) in [6.07, 6.45) is 6.64. The summed E-state index contributed by atoms with van der Waals surface area (Å²) in [7, 11) is 0. The van der Waals surface area contributed by atoms with E-state index in [1.54, 1.807) is 0 Å². The molecule has 1 aliphatic heterocycles. The number of hydrogen-bond acceptors (Lipinski definition) is 4. The lowest BCUT2D eigenvalue weighted by Crippen LogP contribution is -2.27. The predicted molar refractivity (Wildman–Crippen MR) is 74.8 cm³/mol. The Balaban J connectivity index is 1.24. The maximum Gasteiger partial charge on any atom is 0.220 e. The highest BCUT2D eigenvalue weighted by molar-refractivity contribution is 8.14. The third-order valence-corrected chi connectivity index (χ3v) is 4.96. The Morgan fingerprint density at radius 3 is 2.89 bits per heavy atom. The van der Waals surface area contributed by atoms with Crippen molar-refractivity contribution in [2.45, 2.75) is 49.8 Å². The van der Waals surface area contributed by atoms with E-state index in [-0.39, 0.29) is 5.91 Å². The zero-order valence-corrected chi connectivity index (χ0v) is 11.5. The summed E-state index contributed by atoms with van der Waals surface area (Å²) < 4.78 is 0. The van der Waals surface area contributed by atoms with Crippen molar-refractivity contribution in [2.75, 3.05) is 13.1 Å². The molecule has 2 N–H and O–H groups in total. The number of hydrogen-bond donors (Lipinski definition) is 2. The first-order chi connectivity index (χ1) is 8.81. The van der Waals surface area contributed by atoms with Crippen LogP contribution >= 0.6 is 11.8 Å². The quantitative estimate of drug-likeness (QED) is 0.717. The van der Waals surface area contributed by atoms with Crippen molar-refractivity contribution in [3.05, 3.63) is 0 Å². The van der Waals surface area contributed by atoms with Crippen molar-refractivity contribution in [3.8, 4) is 0 Å². The van der Waals surface area contributed by atoms with E-state index >= 15 is 0 Å². The van der Waals surface area contributed by atoms with Crippen LogP contribution in [0, 0.1) is 5.92 Å². The van der Waals surface area contributed by atoms with Crippen LogP contribution in [-0.2, 0) is 4.79 Å². The van der Waals surface area contributed by atoms with E-state index in [9.17, 15) is 4.79 Å². The second-order valence-corrected chi connectivity index (χ2v) is 6.74. The molecule has 0 aromatic carbocycles. The first-order valence-electron chi connectivity index (χ1n) is 7.05. The van der Waals surface area contributed by atoms with Gasteiger partial charge in [-0.25, -0.2) is 0 Å². The van der Waals surface area contributed by atoms with E-state index in [4.69, 9.17) is 0 Å². The van der Waals surface area contributed by atoms with Gasteiger partial charge in [0.1, 0.15) is 0 Å². The van der Waals surface area contributed by atoms with E-state index in [2.05, 4.69) is 15.6 Å². The average Bonchev–Trinajstić information content (AvgIpc) is 3.27. The summed E-state index contributed by atoms with van der Waals surface area (Å²) in [6.45, 7) is 1.85. The van der Waals surface area contributed by atoms with Gasteiger partial charge in [-0.3, -0.25) is 9.79 Å². The SMILES string of the molecule is O=C(CCCNC1=NCC(C2CC2)S1)NC1CC1. The van der Waals surface area contributed by atoms with Crippen molar-refractivity contribution >= 4 is 22.8 Å². The van der Waals surface area contributed by atoms with Gasteiger partial charge in [0.05, 0.1) is 6.54 Å². The second-order valence-electron chi connectivity index (χ2n) is 5.51. The number of carbonyl (C=O) groups excluding carboxylic acids is 1. The predicted octanol–water partition coefficient (Wildman–Crippen LogP) is 1.52. The topological polar surface area (TPSA) is 53.5 Å². The highest BCUT2D eigenvalue weighted by atomic mass is 32.2. The monoisotopic (exact) mass is 267 g/mol. The lowest BCUT2D eigenvalue weighted by Gasteiger charge is -2.07. The van der Waals surface area contributed by atoms with Gasteiger partial charge in [0.15, 0.2) is 5.17 Å². The molecule has 2 aliphatic carbocycles. The Morgan fingerprint density at radius 1 is 1.33 bits per heavy atom. The molecule has 3 aliphatic rings. The molecule has 1 amide bonds. The lowest BCUT2D eigenvalue weighted by atomic mass is 10.3. The first kappa shape index (κ1) is 12.3. The Hall–Kier alpha value is -0.710. The van der Waals surface area contributed by atoms with Gasteiger partial charge in [0.2, 0.25) is 5.91 Å². The minimum Gasteiger partial charge on any atom is -0.365 e. The number of amides is 1. The van der Waals surface area contributed by atoms with Gasteiger partial charge in [-0.05, 0) is 38.0 Å². The van der Waals surface area contributed by atoms with Crippen LogP contribution < -0.4 is 10.6 Å². The van der Waals surface area contributed by atoms with E-state index in [0.29, 0.717) is 12.5 Å². The first-order valence-corrected chi connectivity index (χ1v) is 7.93. The maximum atomic E-state index is 11.5. The molecule has 0 bridgehead atoms. The Kier molecular flexibility index (Phi) is 3.77. The normalized spacial score (nSPS) is 26.9. The van der Waals surface area contributed by atoms with Crippen LogP contribution in [0.25, 0.3) is 0 Å². The van der Waals surface area contributed by atoms with Crippen molar-refractivity contribution in [1.82, 2.24) is 10.6 Å². The van der Waals surface area contributed by atoms with Crippen LogP contribution in [0.5, 0.6) is 0 Å². The summed E-state index contributed by atoms with van der Waals surface area (Å²) in [6, 6.07) is 0.486. The molecule has 2 fully saturated rings. The molecule has 1 unspecified atom stereocenters. The summed E-state index contributed by atoms with van der Waals surface area (Å²) in [5, 5.41) is 8.18. The van der Waals surface area contributed by atoms with Gasteiger partial charge < -0.3 is 10.6 Å². The maximum absolute atomic E-state index is 11.5. The molecule has 0 aromatic heterocycles. The van der Waals surface area contributed by atoms with Crippen LogP contribution in [0.2, 0.25) is 0 Å². The third kappa shape index (κ3) is 3.64. The molecule has 4 nitrogen and oxygen atoms in total. The lowest BCUT2D eigenvalue weighted by molar-refractivity contribution is -0.121. The fraction of sp³-hybridized carbons (Fsp3) is 0.846. The number of nitrogens with zero attached hydrogens (tertiary/aromatic N) is 1. The Bertz CT molecular complexity index is 350. The average molecular weight is 267 g/mol. The molecule has 1 heterocycles. The number of carbonyl (C=O) groups is 1. The standard InChI is InChI=1S/C13H21N3OS/c17-12(16-10-5-6-10)2-1-7-14-13-15-8-11(18-13)9-3-4-9/h9-11H,1-8H2,(H,14,15)(H,16,17). The molecule has 3 rings (SSSR count). The van der Waals surface area contributed by atoms with Gasteiger partial charge in [-0.1, -0.05) is 11.8 Å². The summed E-state index contributed by atoms with van der Waals surface area (Å²) in [5.74, 6) is 1.12. The molecule has 5 heteroatoms. The zero-order chi connectivity index (χ0) is 12.4. The summed E-state index contributed by atoms with van der Waals surface area (Å²) in [5.41, 5.74) is 0. The number of aliphatic imine (C=N–C) groups is 1. The minimum atomic E-state index is 0.205. The molecule has 0 spiro atoms. The molecule has 100 valence electrons. The van der Waals surface area contributed by atoms with Crippen LogP contribution in [0.4, 0.5) is 0 Å². The van der Waals surface area contributed by atoms with Crippen LogP contribution in [0.15, 0.2) is 4.99 Å². The number of thioether (sulfide) groups is 1. The number of nitrogens with one attached hydrogen (secondary N) is 2. The van der Waals surface area contributed by atoms with Gasteiger partial charge in [0, 0.05) is 24.3 Å². The van der Waals surface area contributed by atoms with E-state index in [1.165, 1.54) is 25.7 Å². The molecule has 18 heavy (non-hydrogen) atoms. The minimum absolute atomic E-state index is 0.205. The number of rotatable bonds is 6. The highest BCUT2D eigenvalue weighted by Crippen LogP contribution is 2.41. The Labute approximate surface area is 112 Å². The van der Waals surface area contributed by atoms with Gasteiger partial charge in [-0.15, -0.1) is 0 Å². The smallest absolute Gasteiger partial charge is 0.220 e. The van der Waals surface area contributed by atoms with Gasteiger partial charge >= 0.3 is 0 Å². The van der Waals surface area contributed by atoms with Gasteiger partial charge in [0.25, 0.3) is 0 Å². The highest BCUT2D eigenvalue weighted by Gasteiger charge is 2.35. The van der Waals surface area contributed by atoms with E-state index < -0.39 is 0 Å². The molecular formula is C13H21N3OS. The second kappa shape index (κ2) is 5.51. The largest absolute Gasteiger partial charge is 0.365 e. The van der Waals surface area contributed by atoms with Crippen LogP contribution in [-0.4, -0.2) is 35.5 Å². The molecular weight excluding hydrogens is 246 g/mol. The van der Waals surface area contributed by atoms with Crippen molar-refractivity contribution in [2.24, 2.45) is 10.9 Å². The van der Waals surface area contributed by atoms with Crippen molar-refractivity contribution in [3.63, 3.8) is 0 Å². The molecule has 2 saturated carbocycles. The fourth-order valence-corrected chi connectivity index (χ4v) is 3.41. The number of amidine groups is 1. The van der Waals surface area contributed by atoms with E-state index in [0.717, 1.165) is 35.8 Å². The Morgan fingerprint density at radius 2 is 2.17 bits per heavy atom. The molecule has 0 radical (unpaired) electrons. The molecule has 0 aromatic rings. The zero-order valence-electron chi connectivity index (χ0n) is 10.7. The molecule has 1 atom stereocenters. The fourth-order valence-electron chi connectivity index (χ4n) is 2.17. The van der Waals surface area contributed by atoms with Crippen LogP contribution in [0.1, 0.15) is 38.5 Å². The summed E-state index contributed by atoms with van der Waals surface area (Å²) >= 11 is 1.90. The summed E-state index contributed by atoms with van der Waals surface area (Å²) in [4.78, 5) is 16.0. The van der Waals surface area contributed by atoms with Crippen molar-refractivity contribution < 1.29 is 4.79 Å². The van der Waals surface area contributed by atoms with E-state index in [1.807, 2.05) is 11.8 Å². The molecule has 0 saturated heterocycles. The van der Waals surface area contributed by atoms with Crippen molar-refractivity contribution in [1.29, 1.82) is 0 Å². The van der Waals surface area contributed by atoms with Gasteiger partial charge in [-0.2, -0.15) is 0 Å². The van der Waals surface area contributed by atoms with Crippen LogP contribution in [0.3, 0.4) is 0 Å².